The molecular weight excluding hydrogens is 1650 g/mol. The molecule has 120 heavy (non-hydrogen) atoms. The van der Waals surface area contributed by atoms with Crippen molar-refractivity contribution in [3.05, 3.63) is 465 Å². The fraction of sp³-hybridized carbons (Fsp3) is 0.174. The van der Waals surface area contributed by atoms with Gasteiger partial charge in [-0.1, -0.05) is 446 Å². The van der Waals surface area contributed by atoms with E-state index >= 15 is 0 Å². The summed E-state index contributed by atoms with van der Waals surface area (Å²) in [6.07, 6.45) is 18.9. The Morgan fingerprint density at radius 2 is 0.425 bits per heavy atom. The first-order valence-corrected chi connectivity index (χ1v) is 47.0. The molecule has 0 fully saturated rings. The first-order chi connectivity index (χ1) is 59.0. The van der Waals surface area contributed by atoms with Crippen molar-refractivity contribution in [1.82, 2.24) is 0 Å². The van der Waals surface area contributed by atoms with E-state index in [4.69, 9.17) is 15.9 Å². The second-order valence-corrected chi connectivity index (χ2v) is 35.4. The zero-order valence-corrected chi connectivity index (χ0v) is 74.9. The van der Waals surface area contributed by atoms with Gasteiger partial charge < -0.3 is 26.6 Å². The maximum Gasteiger partial charge on any atom is 0.0431 e. The molecule has 15 aromatic rings. The van der Waals surface area contributed by atoms with Gasteiger partial charge in [-0.15, -0.1) is 0 Å². The van der Waals surface area contributed by atoms with E-state index in [0.717, 1.165) is 62.1 Å². The van der Waals surface area contributed by atoms with Crippen molar-refractivity contribution in [2.24, 2.45) is 0 Å². The third kappa shape index (κ3) is 36.6. The van der Waals surface area contributed by atoms with Gasteiger partial charge in [-0.2, -0.15) is 0 Å². The summed E-state index contributed by atoms with van der Waals surface area (Å²) in [6.45, 7) is 1.70. The summed E-state index contributed by atoms with van der Waals surface area (Å²) in [5, 5.41) is 36.5. The van der Waals surface area contributed by atoms with E-state index in [-0.39, 0.29) is 19.5 Å². The quantitative estimate of drug-likeness (QED) is 0.0122. The van der Waals surface area contributed by atoms with Crippen LogP contribution in [0.5, 0.6) is 0 Å². The molecule has 0 radical (unpaired) electrons. The smallest absolute Gasteiger partial charge is 0.0431 e. The van der Waals surface area contributed by atoms with Crippen molar-refractivity contribution < 1.29 is 29.7 Å². The molecular formula is C109H116Cl2N3O2P3Ru. The van der Waals surface area contributed by atoms with Crippen LogP contribution < -0.4 is 64.1 Å². The van der Waals surface area contributed by atoms with Gasteiger partial charge in [0.15, 0.2) is 0 Å². The van der Waals surface area contributed by atoms with E-state index < -0.39 is 23.8 Å². The molecule has 0 unspecified atom stereocenters. The van der Waals surface area contributed by atoms with Gasteiger partial charge in [-0.25, -0.2) is 0 Å². The molecule has 0 bridgehead atoms. The summed E-state index contributed by atoms with van der Waals surface area (Å²) < 4.78 is 0. The van der Waals surface area contributed by atoms with Gasteiger partial charge in [0.05, 0.1) is 0 Å². The minimum absolute atomic E-state index is 0. The normalized spacial score (nSPS) is 10.3. The van der Waals surface area contributed by atoms with Gasteiger partial charge >= 0.3 is 0 Å². The van der Waals surface area contributed by atoms with Crippen LogP contribution in [0.2, 0.25) is 0 Å². The van der Waals surface area contributed by atoms with Crippen LogP contribution >= 0.6 is 45.5 Å². The van der Waals surface area contributed by atoms with E-state index in [1.807, 2.05) is 24.3 Å². The Balaban J connectivity index is 0.000000186. The predicted molar refractivity (Wildman–Crippen MR) is 525 cm³/mol. The summed E-state index contributed by atoms with van der Waals surface area (Å²) in [6, 6.07) is 154. The predicted octanol–water partition coefficient (Wildman–Crippen LogP) is 25.3. The molecule has 5 nitrogen and oxygen atoms in total. The average molecular weight is 1770 g/mol. The molecule has 0 saturated carbocycles. The van der Waals surface area contributed by atoms with Crippen molar-refractivity contribution in [3.8, 4) is 0 Å². The van der Waals surface area contributed by atoms with Gasteiger partial charge in [0, 0.05) is 83.7 Å². The van der Waals surface area contributed by atoms with Crippen molar-refractivity contribution in [2.75, 3.05) is 36.1 Å². The average Bonchev–Trinajstić information content (AvgIpc) is 0.827. The maximum atomic E-state index is 8.43. The van der Waals surface area contributed by atoms with Crippen LogP contribution in [0.15, 0.2) is 437 Å². The Bertz CT molecular complexity index is 4300. The second-order valence-electron chi connectivity index (χ2n) is 28.7. The minimum atomic E-state index is -0.446. The molecule has 0 heterocycles. The fourth-order valence-electron chi connectivity index (χ4n) is 13.5. The monoisotopic (exact) mass is 1760 g/mol. The summed E-state index contributed by atoms with van der Waals surface area (Å²) >= 11 is 0. The number of rotatable bonds is 33. The van der Waals surface area contributed by atoms with E-state index in [1.165, 1.54) is 145 Å². The number of benzene rings is 15. The molecule has 15 aromatic carbocycles. The summed E-state index contributed by atoms with van der Waals surface area (Å²) in [4.78, 5) is 0. The van der Waals surface area contributed by atoms with Crippen LogP contribution in [0, 0.1) is 0 Å². The molecule has 0 spiro atoms. The molecule has 616 valence electrons. The number of para-hydroxylation sites is 1. The molecule has 15 rings (SSSR count). The molecule has 0 atom stereocenters. The molecule has 0 aromatic heterocycles. The number of unbranched alkanes of at least 4 members (excludes halogenated alkanes) is 11. The van der Waals surface area contributed by atoms with E-state index in [1.54, 1.807) is 0 Å². The molecule has 6 N–H and O–H groups in total. The third-order valence-corrected chi connectivity index (χ3v) is 27.0. The van der Waals surface area contributed by atoms with Crippen molar-refractivity contribution in [3.63, 3.8) is 0 Å². The topological polar surface area (TPSA) is 90.5 Å². The first kappa shape index (κ1) is 95.6. The van der Waals surface area contributed by atoms with Crippen molar-refractivity contribution in [1.29, 1.82) is 0 Å². The van der Waals surface area contributed by atoms with E-state index in [2.05, 4.69) is 445 Å². The second kappa shape index (κ2) is 59.7. The van der Waals surface area contributed by atoms with Gasteiger partial charge in [0.2, 0.25) is 0 Å². The third-order valence-electron chi connectivity index (χ3n) is 19.6. The fourth-order valence-corrected chi connectivity index (χ4v) is 20.4. The van der Waals surface area contributed by atoms with Crippen LogP contribution in [0.4, 0.5) is 22.7 Å². The van der Waals surface area contributed by atoms with Crippen LogP contribution in [0.25, 0.3) is 0 Å². The van der Waals surface area contributed by atoms with Crippen LogP contribution in [-0.2, 0) is 38.7 Å². The molecule has 11 heteroatoms. The largest absolute Gasteiger partial charge is 0.399 e. The molecule has 0 amide bonds. The Morgan fingerprint density at radius 3 is 0.708 bits per heavy atom. The van der Waals surface area contributed by atoms with Crippen LogP contribution in [-0.4, -0.2) is 30.0 Å². The van der Waals surface area contributed by atoms with Crippen molar-refractivity contribution >= 4 is 116 Å². The SMILES string of the molecule is ClCl.Nc1ccc(Cc2ccccc2)cc1.OCCCCCCCCO.[Ru].c1ccc(Cc2ccc(NCCCCCCCCCc3ccc(Nc4ccccc4)cc3)cc2)cc1.c1ccc(P(c2ccccc2)c2ccccc2)cc1.c1ccc(P(c2ccccc2)c2ccccc2)cc1.c1ccc(P(c2ccccc2)c2ccccc2)cc1. The number of hydrogen-bond acceptors (Lipinski definition) is 5. The number of hydrogen-bond donors (Lipinski definition) is 5. The Kier molecular flexibility index (Phi) is 47.6. The molecule has 0 aliphatic carbocycles. The number of nitrogens with one attached hydrogen (secondary N) is 2. The maximum absolute atomic E-state index is 8.43. The van der Waals surface area contributed by atoms with Gasteiger partial charge in [-0.3, -0.25) is 0 Å². The number of nitrogens with two attached hydrogens (primary N) is 1. The molecule has 0 aliphatic rings. The zero-order valence-electron chi connectivity index (χ0n) is 68.9. The minimum Gasteiger partial charge on any atom is -0.399 e. The standard InChI is InChI=1S/C34H40N2.3C18H15P.C13H13N.C8H18O2.Cl2.Ru/c1(2-4-8-14-29-19-25-34(26-20-29)36-33-17-11-7-12-18-33)3-5-13-27-35-32-23-21-31(22-24-32)28-30-15-9-6-10-16-30;3*1-4-10-16(11-5-1)19(17-12-6-2-7-13-17)18-14-8-3-9-15-18;14-13-8-6-12(7-9-13)10-11-4-2-1-3-5-11;9-7-5-3-1-2-4-6-8-10;1-2;/h6-7,9-12,15-26,35-36H,1-5,8,13-14,27-28H2;3*1-15H;1-9H,10,14H2;9-10H,1-8H2;;. The number of halogens is 2. The number of aryl methyl sites for hydroxylation is 1. The summed E-state index contributed by atoms with van der Waals surface area (Å²) in [5.41, 5.74) is 16.8. The summed E-state index contributed by atoms with van der Waals surface area (Å²) in [7, 11) is 6.88. The Labute approximate surface area is 743 Å². The van der Waals surface area contributed by atoms with Crippen LogP contribution in [0.3, 0.4) is 0 Å². The van der Waals surface area contributed by atoms with Crippen LogP contribution in [0.1, 0.15) is 111 Å². The van der Waals surface area contributed by atoms with Gasteiger partial charge in [0.25, 0.3) is 0 Å². The summed E-state index contributed by atoms with van der Waals surface area (Å²) in [5.74, 6) is 0. The number of anilines is 4. The number of aliphatic hydroxyl groups is 2. The first-order valence-electron chi connectivity index (χ1n) is 41.8. The van der Waals surface area contributed by atoms with Gasteiger partial charge in [0.1, 0.15) is 0 Å². The van der Waals surface area contributed by atoms with Crippen molar-refractivity contribution in [2.45, 2.75) is 103 Å². The Hall–Kier alpha value is -9.89. The zero-order chi connectivity index (χ0) is 82.9. The number of nitrogen functional groups attached to an aromatic ring is 1. The Morgan fingerprint density at radius 1 is 0.217 bits per heavy atom. The van der Waals surface area contributed by atoms with Gasteiger partial charge in [-0.05, 0) is 193 Å². The van der Waals surface area contributed by atoms with E-state index in [0.29, 0.717) is 13.2 Å². The van der Waals surface area contributed by atoms with E-state index in [9.17, 15) is 0 Å². The molecule has 0 saturated heterocycles. The number of aliphatic hydroxyl groups excluding tert-OH is 2. The molecule has 0 aliphatic heterocycles.